The molecule has 0 saturated carbocycles. The van der Waals surface area contributed by atoms with Gasteiger partial charge in [0, 0.05) is 18.2 Å². The minimum absolute atomic E-state index is 0.678. The second kappa shape index (κ2) is 6.70. The van der Waals surface area contributed by atoms with E-state index in [2.05, 4.69) is 11.1 Å². The quantitative estimate of drug-likeness (QED) is 0.783. The highest BCUT2D eigenvalue weighted by Crippen LogP contribution is 2.14. The number of hydrogen-bond acceptors (Lipinski definition) is 4. The van der Waals surface area contributed by atoms with Crippen molar-refractivity contribution in [3.63, 3.8) is 0 Å². The van der Waals surface area contributed by atoms with E-state index in [1.807, 2.05) is 11.7 Å². The maximum absolute atomic E-state index is 5.47. The summed E-state index contributed by atoms with van der Waals surface area (Å²) in [7, 11) is 1.71. The summed E-state index contributed by atoms with van der Waals surface area (Å²) in [6.45, 7) is 1.40. The Morgan fingerprint density at radius 3 is 3.14 bits per heavy atom. The van der Waals surface area contributed by atoms with Gasteiger partial charge in [0.15, 0.2) is 0 Å². The van der Waals surface area contributed by atoms with Gasteiger partial charge in [-0.1, -0.05) is 0 Å². The van der Waals surface area contributed by atoms with Crippen LogP contribution in [0.25, 0.3) is 6.08 Å². The normalized spacial score (nSPS) is 12.0. The van der Waals surface area contributed by atoms with Crippen LogP contribution in [-0.2, 0) is 4.74 Å². The van der Waals surface area contributed by atoms with E-state index in [4.69, 9.17) is 10.5 Å². The van der Waals surface area contributed by atoms with Crippen molar-refractivity contribution >= 4 is 17.4 Å². The van der Waals surface area contributed by atoms with Crippen molar-refractivity contribution < 1.29 is 4.74 Å². The van der Waals surface area contributed by atoms with Gasteiger partial charge < -0.3 is 10.5 Å². The topological polar surface area (TPSA) is 48.1 Å². The lowest BCUT2D eigenvalue weighted by atomic mass is 10.1. The van der Waals surface area contributed by atoms with Crippen LogP contribution < -0.4 is 5.73 Å². The monoisotopic (exact) mass is 212 g/mol. The van der Waals surface area contributed by atoms with Crippen LogP contribution in [0.4, 0.5) is 0 Å². The van der Waals surface area contributed by atoms with Gasteiger partial charge in [-0.05, 0) is 31.0 Å². The van der Waals surface area contributed by atoms with E-state index >= 15 is 0 Å². The molecule has 0 unspecified atom stereocenters. The third kappa shape index (κ3) is 4.00. The van der Waals surface area contributed by atoms with Gasteiger partial charge in [-0.15, -0.1) is 11.3 Å². The van der Waals surface area contributed by atoms with E-state index in [9.17, 15) is 0 Å². The Morgan fingerprint density at radius 1 is 1.71 bits per heavy atom. The number of thiazole rings is 1. The molecular formula is C10H16N2OS. The summed E-state index contributed by atoms with van der Waals surface area (Å²) in [6, 6.07) is 0. The largest absolute Gasteiger partial charge is 0.380 e. The highest BCUT2D eigenvalue weighted by Gasteiger charge is 1.98. The maximum Gasteiger partial charge on any atom is 0.0797 e. The van der Waals surface area contributed by atoms with Crippen molar-refractivity contribution in [1.29, 1.82) is 0 Å². The zero-order valence-corrected chi connectivity index (χ0v) is 9.22. The van der Waals surface area contributed by atoms with Crippen molar-refractivity contribution in [3.05, 3.63) is 22.2 Å². The molecule has 0 spiro atoms. The molecule has 0 saturated heterocycles. The average molecular weight is 212 g/mol. The van der Waals surface area contributed by atoms with Crippen molar-refractivity contribution in [2.45, 2.75) is 12.8 Å². The lowest BCUT2D eigenvalue weighted by Gasteiger charge is -2.04. The number of rotatable bonds is 6. The molecule has 0 bridgehead atoms. The van der Waals surface area contributed by atoms with E-state index in [0.29, 0.717) is 6.61 Å². The van der Waals surface area contributed by atoms with E-state index in [1.165, 1.54) is 10.5 Å². The van der Waals surface area contributed by atoms with Crippen LogP contribution in [0.1, 0.15) is 17.7 Å². The molecule has 1 rings (SSSR count). The third-order valence-corrected chi connectivity index (χ3v) is 2.55. The Hall–Kier alpha value is -0.710. The van der Waals surface area contributed by atoms with Crippen molar-refractivity contribution in [2.75, 3.05) is 20.3 Å². The first kappa shape index (κ1) is 11.4. The second-order valence-corrected chi connectivity index (χ2v) is 3.95. The number of ether oxygens (including phenoxy) is 1. The Morgan fingerprint density at radius 2 is 2.57 bits per heavy atom. The predicted octanol–water partition coefficient (Wildman–Crippen LogP) is 1.91. The highest BCUT2D eigenvalue weighted by molar-refractivity contribution is 7.10. The van der Waals surface area contributed by atoms with E-state index in [0.717, 1.165) is 19.4 Å². The molecule has 0 amide bonds. The standard InChI is InChI=1S/C10H16N2OS/c1-13-7-9(3-2-4-11)5-10-6-12-8-14-10/h5-6,8H,2-4,7,11H2,1H3. The van der Waals surface area contributed by atoms with Crippen molar-refractivity contribution in [1.82, 2.24) is 4.98 Å². The summed E-state index contributed by atoms with van der Waals surface area (Å²) in [5.41, 5.74) is 8.58. The minimum atomic E-state index is 0.678. The van der Waals surface area contributed by atoms with Crippen molar-refractivity contribution in [3.8, 4) is 0 Å². The van der Waals surface area contributed by atoms with Crippen LogP contribution in [0, 0.1) is 0 Å². The fourth-order valence-corrected chi connectivity index (χ4v) is 1.80. The maximum atomic E-state index is 5.47. The van der Waals surface area contributed by atoms with Crippen LogP contribution in [0.5, 0.6) is 0 Å². The molecule has 1 heterocycles. The van der Waals surface area contributed by atoms with E-state index < -0.39 is 0 Å². The Balaban J connectivity index is 2.56. The first-order valence-electron chi connectivity index (χ1n) is 4.63. The number of hydrogen-bond donors (Lipinski definition) is 1. The minimum Gasteiger partial charge on any atom is -0.380 e. The average Bonchev–Trinajstić information content (AvgIpc) is 2.67. The van der Waals surface area contributed by atoms with Crippen molar-refractivity contribution in [2.24, 2.45) is 5.73 Å². The summed E-state index contributed by atoms with van der Waals surface area (Å²) in [4.78, 5) is 5.20. The first-order chi connectivity index (χ1) is 6.86. The molecule has 1 aromatic rings. The van der Waals surface area contributed by atoms with Gasteiger partial charge in [0.1, 0.15) is 0 Å². The van der Waals surface area contributed by atoms with Gasteiger partial charge >= 0.3 is 0 Å². The van der Waals surface area contributed by atoms with Gasteiger partial charge in [0.25, 0.3) is 0 Å². The van der Waals surface area contributed by atoms with Crippen LogP contribution in [-0.4, -0.2) is 25.2 Å². The molecule has 0 aliphatic heterocycles. The first-order valence-corrected chi connectivity index (χ1v) is 5.51. The summed E-state index contributed by atoms with van der Waals surface area (Å²) < 4.78 is 5.12. The molecule has 1 aromatic heterocycles. The fraction of sp³-hybridized carbons (Fsp3) is 0.500. The van der Waals surface area contributed by atoms with Crippen LogP contribution >= 0.6 is 11.3 Å². The Kier molecular flexibility index (Phi) is 5.44. The molecule has 0 aliphatic rings. The molecule has 0 atom stereocenters. The fourth-order valence-electron chi connectivity index (χ4n) is 1.20. The SMILES string of the molecule is COCC(=Cc1cncs1)CCCN. The van der Waals surface area contributed by atoms with Gasteiger partial charge in [-0.25, -0.2) is 0 Å². The zero-order chi connectivity index (χ0) is 10.2. The van der Waals surface area contributed by atoms with Gasteiger partial charge in [0.05, 0.1) is 12.1 Å². The summed E-state index contributed by atoms with van der Waals surface area (Å²) in [6.07, 6.45) is 6.01. The molecule has 0 aromatic carbocycles. The second-order valence-electron chi connectivity index (χ2n) is 3.03. The van der Waals surface area contributed by atoms with E-state index in [1.54, 1.807) is 18.4 Å². The summed E-state index contributed by atoms with van der Waals surface area (Å²) in [5, 5.41) is 0. The number of aromatic nitrogens is 1. The number of nitrogens with two attached hydrogens (primary N) is 1. The Labute approximate surface area is 88.6 Å². The molecule has 4 heteroatoms. The lowest BCUT2D eigenvalue weighted by Crippen LogP contribution is -2.01. The molecule has 2 N–H and O–H groups in total. The lowest BCUT2D eigenvalue weighted by molar-refractivity contribution is 0.223. The van der Waals surface area contributed by atoms with Gasteiger partial charge in [0.2, 0.25) is 0 Å². The summed E-state index contributed by atoms with van der Waals surface area (Å²) >= 11 is 1.64. The molecule has 14 heavy (non-hydrogen) atoms. The smallest absolute Gasteiger partial charge is 0.0797 e. The van der Waals surface area contributed by atoms with Crippen LogP contribution in [0.3, 0.4) is 0 Å². The molecule has 0 aliphatic carbocycles. The molecule has 3 nitrogen and oxygen atoms in total. The van der Waals surface area contributed by atoms with Gasteiger partial charge in [-0.3, -0.25) is 4.98 Å². The van der Waals surface area contributed by atoms with E-state index in [-0.39, 0.29) is 0 Å². The Bertz CT molecular complexity index is 270. The zero-order valence-electron chi connectivity index (χ0n) is 8.40. The van der Waals surface area contributed by atoms with Gasteiger partial charge in [-0.2, -0.15) is 0 Å². The highest BCUT2D eigenvalue weighted by atomic mass is 32.1. The molecule has 0 radical (unpaired) electrons. The molecular weight excluding hydrogens is 196 g/mol. The predicted molar refractivity (Wildman–Crippen MR) is 60.3 cm³/mol. The summed E-state index contributed by atoms with van der Waals surface area (Å²) in [5.74, 6) is 0. The molecule has 78 valence electrons. The number of methoxy groups -OCH3 is 1. The molecule has 0 fully saturated rings. The van der Waals surface area contributed by atoms with Crippen LogP contribution in [0.2, 0.25) is 0 Å². The third-order valence-electron chi connectivity index (χ3n) is 1.83. The van der Waals surface area contributed by atoms with Crippen LogP contribution in [0.15, 0.2) is 17.3 Å². The number of nitrogens with zero attached hydrogens (tertiary/aromatic N) is 1.